The summed E-state index contributed by atoms with van der Waals surface area (Å²) in [4.78, 5) is 187. The van der Waals surface area contributed by atoms with Crippen molar-refractivity contribution in [3.63, 3.8) is 0 Å². The molecule has 0 aromatic carbocycles. The van der Waals surface area contributed by atoms with E-state index in [1.54, 1.807) is 31.7 Å². The summed E-state index contributed by atoms with van der Waals surface area (Å²) in [6.45, 7) is 25.2. The van der Waals surface area contributed by atoms with Crippen LogP contribution in [0.15, 0.2) is 72.9 Å². The molecule has 2 fully saturated rings. The van der Waals surface area contributed by atoms with Crippen molar-refractivity contribution in [2.75, 3.05) is 108 Å². The number of nitrogens with zero attached hydrogens (tertiary/aromatic N) is 8. The third-order valence-corrected chi connectivity index (χ3v) is 17.5. The third kappa shape index (κ3) is 30.0. The third-order valence-electron chi connectivity index (χ3n) is 17.4. The van der Waals surface area contributed by atoms with Gasteiger partial charge in [0.15, 0.2) is 0 Å². The van der Waals surface area contributed by atoms with E-state index in [-0.39, 0.29) is 69.8 Å². The first kappa shape index (κ1) is 89.3. The molecule has 2 heterocycles. The highest BCUT2D eigenvalue weighted by atomic mass is 35.5. The van der Waals surface area contributed by atoms with E-state index in [0.29, 0.717) is 49.9 Å². The number of nitrogens with two attached hydrogens (primary N) is 1. The second-order valence-corrected chi connectivity index (χ2v) is 27.9. The summed E-state index contributed by atoms with van der Waals surface area (Å²) < 4.78 is 11.8. The molecule has 0 spiro atoms. The molecule has 568 valence electrons. The van der Waals surface area contributed by atoms with Crippen LogP contribution in [-0.2, 0) is 67.0 Å². The van der Waals surface area contributed by atoms with Crippen LogP contribution in [0.3, 0.4) is 0 Å². The van der Waals surface area contributed by atoms with Crippen molar-refractivity contribution in [2.45, 2.75) is 187 Å². The minimum atomic E-state index is -1.61. The van der Waals surface area contributed by atoms with E-state index < -0.39 is 164 Å². The molecule has 12 amide bonds. The van der Waals surface area contributed by atoms with Gasteiger partial charge >= 0.3 is 0 Å². The number of hydrogen-bond donors (Lipinski definition) is 6. The molecule has 0 radical (unpaired) electrons. The van der Waals surface area contributed by atoms with Gasteiger partial charge in [0.2, 0.25) is 70.9 Å². The SMILES string of the molecule is C=C/C=C(\C=C)C[C@H]1C(=O)N(C)CC(=O)N[C@@H](COCCC(C)C)C(=O)N(C)[C@@H](CC(C)C)C(=O)NC(C(=O)N2CCCCC2)CC(=O)N(C)CC(=O)N(C)[C@@H](CC(=C)/C=C\C=C\Cl)C(=O)N[C@@H](COCC(C)O)C(=O)N(C)[C@@H](CC(C)C)C(=O)NC(C(C)N)C(=O)N(CCC)CC(=O)N1C. The number of rotatable bonds is 25. The topological polar surface area (TPSA) is 344 Å². The van der Waals surface area contributed by atoms with Crippen LogP contribution in [0.4, 0.5) is 0 Å². The summed E-state index contributed by atoms with van der Waals surface area (Å²) in [5.41, 5.74) is 8.53. The van der Waals surface area contributed by atoms with Gasteiger partial charge in [-0.2, -0.15) is 0 Å². The number of aliphatic hydroxyl groups excluding tert-OH is 1. The largest absolute Gasteiger partial charge is 0.391 e. The number of allylic oxidation sites excluding steroid dienone is 6. The zero-order valence-corrected chi connectivity index (χ0v) is 63.3. The van der Waals surface area contributed by atoms with Crippen LogP contribution in [0.25, 0.3) is 0 Å². The lowest BCUT2D eigenvalue weighted by Gasteiger charge is -2.36. The summed E-state index contributed by atoms with van der Waals surface area (Å²) in [5.74, 6) is -9.75. The average Bonchev–Trinajstić information content (AvgIpc) is 0.842. The van der Waals surface area contributed by atoms with Crippen LogP contribution < -0.4 is 27.0 Å². The second kappa shape index (κ2) is 45.2. The molecule has 0 bridgehead atoms. The molecular weight excluding hydrogens is 1320 g/mol. The van der Waals surface area contributed by atoms with E-state index in [9.17, 15) is 57.8 Å². The van der Waals surface area contributed by atoms with Crippen molar-refractivity contribution >= 4 is 82.5 Å². The molecule has 7 N–H and O–H groups in total. The number of ether oxygens (including phenoxy) is 2. The number of amides is 12. The van der Waals surface area contributed by atoms with E-state index in [2.05, 4.69) is 41.0 Å². The fraction of sp³-hybridized carbons (Fsp3) is 0.667. The van der Waals surface area contributed by atoms with Crippen LogP contribution >= 0.6 is 11.6 Å². The average molecular weight is 1440 g/mol. The van der Waals surface area contributed by atoms with E-state index >= 15 is 4.79 Å². The summed E-state index contributed by atoms with van der Waals surface area (Å²) in [5, 5.41) is 21.2. The number of nitrogens with one attached hydrogen (secondary N) is 4. The van der Waals surface area contributed by atoms with E-state index in [1.807, 2.05) is 27.7 Å². The first-order valence-electron chi connectivity index (χ1n) is 34.9. The Kier molecular flexibility index (Phi) is 40.0. The van der Waals surface area contributed by atoms with Gasteiger partial charge in [0, 0.05) is 92.9 Å². The second-order valence-electron chi connectivity index (χ2n) is 27.7. The molecule has 29 heteroatoms. The fourth-order valence-electron chi connectivity index (χ4n) is 11.4. The van der Waals surface area contributed by atoms with Crippen molar-refractivity contribution in [2.24, 2.45) is 23.5 Å². The Bertz CT molecular complexity index is 2930. The Morgan fingerprint density at radius 2 is 1.18 bits per heavy atom. The highest BCUT2D eigenvalue weighted by Gasteiger charge is 2.42. The molecule has 2 rings (SSSR count). The fourth-order valence-corrected chi connectivity index (χ4v) is 11.4. The number of likely N-dealkylation sites (N-methyl/N-ethyl adjacent to an activating group) is 6. The van der Waals surface area contributed by atoms with Gasteiger partial charge in [-0.3, -0.25) is 57.5 Å². The van der Waals surface area contributed by atoms with Crippen LogP contribution in [0.2, 0.25) is 0 Å². The Balaban J connectivity index is 3.11. The van der Waals surface area contributed by atoms with Gasteiger partial charge in [0.05, 0.1) is 52.0 Å². The van der Waals surface area contributed by atoms with Crippen molar-refractivity contribution in [1.82, 2.24) is 60.5 Å². The summed E-state index contributed by atoms with van der Waals surface area (Å²) in [6.07, 6.45) is 10.1. The van der Waals surface area contributed by atoms with E-state index in [1.165, 1.54) is 96.9 Å². The summed E-state index contributed by atoms with van der Waals surface area (Å²) in [6, 6.07) is -12.7. The van der Waals surface area contributed by atoms with Gasteiger partial charge < -0.3 is 80.8 Å². The maximum atomic E-state index is 15.0. The van der Waals surface area contributed by atoms with Crippen LogP contribution in [-0.4, -0.2) is 284 Å². The lowest BCUT2D eigenvalue weighted by molar-refractivity contribution is -0.149. The van der Waals surface area contributed by atoms with Crippen LogP contribution in [0, 0.1) is 17.8 Å². The highest BCUT2D eigenvalue weighted by molar-refractivity contribution is 6.25. The van der Waals surface area contributed by atoms with Gasteiger partial charge in [-0.1, -0.05) is 122 Å². The smallest absolute Gasteiger partial charge is 0.247 e. The van der Waals surface area contributed by atoms with Gasteiger partial charge in [0.25, 0.3) is 0 Å². The maximum absolute atomic E-state index is 15.0. The Morgan fingerprint density at radius 3 is 1.70 bits per heavy atom. The molecule has 101 heavy (non-hydrogen) atoms. The van der Waals surface area contributed by atoms with Crippen molar-refractivity contribution in [1.29, 1.82) is 0 Å². The number of aliphatic hydroxyl groups is 1. The molecule has 10 atom stereocenters. The Hall–Kier alpha value is -7.79. The molecule has 2 aliphatic heterocycles. The van der Waals surface area contributed by atoms with Crippen LogP contribution in [0.1, 0.15) is 127 Å². The zero-order chi connectivity index (χ0) is 76.5. The lowest BCUT2D eigenvalue weighted by atomic mass is 9.99. The first-order chi connectivity index (χ1) is 47.5. The minimum Gasteiger partial charge on any atom is -0.391 e. The summed E-state index contributed by atoms with van der Waals surface area (Å²) >= 11 is 5.79. The maximum Gasteiger partial charge on any atom is 0.247 e. The zero-order valence-electron chi connectivity index (χ0n) is 62.5. The highest BCUT2D eigenvalue weighted by Crippen LogP contribution is 2.21. The van der Waals surface area contributed by atoms with Crippen molar-refractivity contribution in [3.05, 3.63) is 72.9 Å². The number of likely N-dealkylation sites (tertiary alicyclic amines) is 1. The molecule has 0 aliphatic carbocycles. The van der Waals surface area contributed by atoms with Gasteiger partial charge in [-0.25, -0.2) is 0 Å². The van der Waals surface area contributed by atoms with Crippen molar-refractivity contribution in [3.8, 4) is 0 Å². The normalized spacial score (nSPS) is 24.0. The standard InChI is InChI=1S/C72H118ClN13O15/c1-19-27-52(21-3)38-59-71(98)80(14)40-60(88)75-54(44-100-34-29-46(4)5)68(95)83(17)56(35-47(6)7)65(92)76-53(70(97)85-32-25-22-26-33-85)39-61(89)79(13)41-62(90)81(15)58(37-49(10)28-23-24-30-73)66(93)77-55(45-101-43-50(11)87)69(96)84(18)57(36-48(8)9)67(94)78-64(51(12)74)72(99)86(31-20-2)42-63(91)82(59)16/h19,21,23-24,27-28,30,46-48,50-51,53-59,64,87H,1,3,10,20,22,25-26,29,31-45,74H2,2,4-9,11-18H3,(H,75,88)(H,76,92)(H,77,93)(H,78,94)/b28-23-,30-24+,52-27+/t50?,51?,53?,54-,55-,56-,57-,58-,59-,64?/m0/s1. The molecule has 28 nitrogen and oxygen atoms in total. The number of carbonyl (C=O) groups excluding carboxylic acids is 12. The molecular formula is C72H118ClN13O15. The molecule has 2 saturated heterocycles. The number of halogens is 1. The lowest BCUT2D eigenvalue weighted by Crippen LogP contribution is -2.62. The van der Waals surface area contributed by atoms with Gasteiger partial charge in [-0.15, -0.1) is 0 Å². The number of hydrogen-bond acceptors (Lipinski definition) is 16. The van der Waals surface area contributed by atoms with Gasteiger partial charge in [-0.05, 0) is 82.1 Å². The van der Waals surface area contributed by atoms with Crippen LogP contribution in [0.5, 0.6) is 0 Å². The number of carbonyl (C=O) groups is 12. The van der Waals surface area contributed by atoms with Crippen molar-refractivity contribution < 1.29 is 72.1 Å². The quantitative estimate of drug-likeness (QED) is 0.0565. The summed E-state index contributed by atoms with van der Waals surface area (Å²) in [7, 11) is 7.98. The minimum absolute atomic E-state index is 0.000287. The Labute approximate surface area is 603 Å². The Morgan fingerprint density at radius 1 is 0.634 bits per heavy atom. The van der Waals surface area contributed by atoms with Gasteiger partial charge in [0.1, 0.15) is 48.3 Å². The van der Waals surface area contributed by atoms with E-state index in [4.69, 9.17) is 26.8 Å². The predicted molar refractivity (Wildman–Crippen MR) is 387 cm³/mol. The number of piperidine rings is 1. The molecule has 0 saturated carbocycles. The molecule has 0 aromatic rings. The first-order valence-corrected chi connectivity index (χ1v) is 35.4. The molecule has 4 unspecified atom stereocenters. The predicted octanol–water partition coefficient (Wildman–Crippen LogP) is 2.65. The molecule has 0 aromatic heterocycles. The van der Waals surface area contributed by atoms with E-state index in [0.717, 1.165) is 35.8 Å². The monoisotopic (exact) mass is 1440 g/mol. The molecule has 2 aliphatic rings.